The van der Waals surface area contributed by atoms with Gasteiger partial charge in [-0.2, -0.15) is 0 Å². The van der Waals surface area contributed by atoms with Crippen molar-refractivity contribution in [1.29, 1.82) is 0 Å². The van der Waals surface area contributed by atoms with Gasteiger partial charge in [-0.3, -0.25) is 4.79 Å². The largest absolute Gasteiger partial charge is 0.496 e. The SMILES string of the molecule is CCOC(=O)CSc1ncc(CO)n1Cc1ccccc1OC. The Morgan fingerprint density at radius 3 is 2.87 bits per heavy atom. The lowest BCUT2D eigenvalue weighted by Crippen LogP contribution is -2.10. The normalized spacial score (nSPS) is 10.6. The lowest BCUT2D eigenvalue weighted by molar-refractivity contribution is -0.139. The Morgan fingerprint density at radius 1 is 1.39 bits per heavy atom. The van der Waals surface area contributed by atoms with E-state index in [1.807, 2.05) is 28.8 Å². The molecule has 0 spiro atoms. The zero-order valence-corrected chi connectivity index (χ0v) is 14.0. The number of thioether (sulfide) groups is 1. The molecule has 1 aromatic heterocycles. The number of esters is 1. The average molecular weight is 336 g/mol. The molecule has 0 fully saturated rings. The minimum Gasteiger partial charge on any atom is -0.496 e. The van der Waals surface area contributed by atoms with Gasteiger partial charge < -0.3 is 19.1 Å². The monoisotopic (exact) mass is 336 g/mol. The van der Waals surface area contributed by atoms with Crippen LogP contribution < -0.4 is 4.74 Å². The van der Waals surface area contributed by atoms with E-state index in [4.69, 9.17) is 9.47 Å². The highest BCUT2D eigenvalue weighted by Crippen LogP contribution is 2.24. The van der Waals surface area contributed by atoms with Crippen molar-refractivity contribution in [2.45, 2.75) is 25.2 Å². The smallest absolute Gasteiger partial charge is 0.316 e. The van der Waals surface area contributed by atoms with Gasteiger partial charge in [-0.25, -0.2) is 4.98 Å². The van der Waals surface area contributed by atoms with Crippen LogP contribution in [0.5, 0.6) is 5.75 Å². The molecule has 2 aromatic rings. The number of methoxy groups -OCH3 is 1. The van der Waals surface area contributed by atoms with E-state index < -0.39 is 0 Å². The van der Waals surface area contributed by atoms with Gasteiger partial charge in [0.1, 0.15) is 5.75 Å². The van der Waals surface area contributed by atoms with Crippen LogP contribution >= 0.6 is 11.8 Å². The Balaban J connectivity index is 2.19. The van der Waals surface area contributed by atoms with Gasteiger partial charge in [0.2, 0.25) is 0 Å². The first-order valence-corrected chi connectivity index (χ1v) is 8.23. The van der Waals surface area contributed by atoms with Crippen LogP contribution in [-0.2, 0) is 22.7 Å². The van der Waals surface area contributed by atoms with Crippen LogP contribution in [0.1, 0.15) is 18.2 Å². The van der Waals surface area contributed by atoms with Crippen LogP contribution in [0.2, 0.25) is 0 Å². The van der Waals surface area contributed by atoms with E-state index >= 15 is 0 Å². The molecule has 0 aliphatic heterocycles. The van der Waals surface area contributed by atoms with Crippen LogP contribution in [0.3, 0.4) is 0 Å². The summed E-state index contributed by atoms with van der Waals surface area (Å²) in [7, 11) is 1.62. The highest BCUT2D eigenvalue weighted by molar-refractivity contribution is 7.99. The van der Waals surface area contributed by atoms with Crippen molar-refractivity contribution < 1.29 is 19.4 Å². The fourth-order valence-electron chi connectivity index (χ4n) is 2.13. The molecule has 23 heavy (non-hydrogen) atoms. The number of para-hydroxylation sites is 1. The molecule has 1 N–H and O–H groups in total. The molecule has 6 nitrogen and oxygen atoms in total. The summed E-state index contributed by atoms with van der Waals surface area (Å²) in [6, 6.07) is 7.68. The fourth-order valence-corrected chi connectivity index (χ4v) is 2.93. The molecule has 1 heterocycles. The zero-order valence-electron chi connectivity index (χ0n) is 13.2. The molecule has 0 saturated carbocycles. The first kappa shape index (κ1) is 17.4. The van der Waals surface area contributed by atoms with Gasteiger partial charge in [-0.05, 0) is 13.0 Å². The minimum absolute atomic E-state index is 0.123. The van der Waals surface area contributed by atoms with Crippen molar-refractivity contribution in [1.82, 2.24) is 9.55 Å². The Morgan fingerprint density at radius 2 is 2.17 bits per heavy atom. The van der Waals surface area contributed by atoms with E-state index in [1.54, 1.807) is 20.2 Å². The van der Waals surface area contributed by atoms with E-state index in [-0.39, 0.29) is 18.3 Å². The minimum atomic E-state index is -0.283. The number of ether oxygens (including phenoxy) is 2. The molecular weight excluding hydrogens is 316 g/mol. The number of carbonyl (C=O) groups excluding carboxylic acids is 1. The van der Waals surface area contributed by atoms with Crippen molar-refractivity contribution in [2.24, 2.45) is 0 Å². The molecule has 0 saturated heterocycles. The summed E-state index contributed by atoms with van der Waals surface area (Å²) in [6.45, 7) is 2.51. The maximum absolute atomic E-state index is 11.5. The Labute approximate surface area is 139 Å². The van der Waals surface area contributed by atoms with Gasteiger partial charge in [0, 0.05) is 5.56 Å². The van der Waals surface area contributed by atoms with Crippen molar-refractivity contribution >= 4 is 17.7 Å². The molecule has 2 rings (SSSR count). The Bertz CT molecular complexity index is 657. The van der Waals surface area contributed by atoms with Crippen LogP contribution in [0, 0.1) is 0 Å². The number of rotatable bonds is 8. The van der Waals surface area contributed by atoms with Crippen molar-refractivity contribution in [3.05, 3.63) is 41.7 Å². The molecule has 0 aliphatic carbocycles. The summed E-state index contributed by atoms with van der Waals surface area (Å²) >= 11 is 1.29. The van der Waals surface area contributed by atoms with Gasteiger partial charge in [0.15, 0.2) is 5.16 Å². The standard InChI is InChI=1S/C16H20N2O4S/c1-3-22-15(20)11-23-16-17-8-13(10-19)18(16)9-12-6-4-5-7-14(12)21-2/h4-8,19H,3,9-11H2,1-2H3. The van der Waals surface area contributed by atoms with Crippen molar-refractivity contribution in [3.8, 4) is 5.75 Å². The number of hydrogen-bond donors (Lipinski definition) is 1. The quantitative estimate of drug-likeness (QED) is 0.588. The maximum atomic E-state index is 11.5. The number of benzene rings is 1. The number of aliphatic hydroxyl groups is 1. The number of aromatic nitrogens is 2. The highest BCUT2D eigenvalue weighted by atomic mass is 32.2. The second kappa shape index (κ2) is 8.59. The lowest BCUT2D eigenvalue weighted by atomic mass is 10.2. The van der Waals surface area contributed by atoms with Gasteiger partial charge in [0.05, 0.1) is 44.5 Å². The molecule has 7 heteroatoms. The molecular formula is C16H20N2O4S. The molecule has 124 valence electrons. The van der Waals surface area contributed by atoms with Crippen LogP contribution in [-0.4, -0.2) is 40.1 Å². The van der Waals surface area contributed by atoms with Gasteiger partial charge in [0.25, 0.3) is 0 Å². The number of aliphatic hydroxyl groups excluding tert-OH is 1. The van der Waals surface area contributed by atoms with E-state index in [9.17, 15) is 9.90 Å². The van der Waals surface area contributed by atoms with Gasteiger partial charge in [-0.1, -0.05) is 30.0 Å². The van der Waals surface area contributed by atoms with Crippen LogP contribution in [0.25, 0.3) is 0 Å². The molecule has 0 radical (unpaired) electrons. The summed E-state index contributed by atoms with van der Waals surface area (Å²) in [5.41, 5.74) is 1.66. The van der Waals surface area contributed by atoms with Gasteiger partial charge in [-0.15, -0.1) is 0 Å². The van der Waals surface area contributed by atoms with Crippen molar-refractivity contribution in [3.63, 3.8) is 0 Å². The number of carbonyl (C=O) groups is 1. The summed E-state index contributed by atoms with van der Waals surface area (Å²) in [5, 5.41) is 10.2. The van der Waals surface area contributed by atoms with E-state index in [0.717, 1.165) is 11.3 Å². The Kier molecular flexibility index (Phi) is 6.49. The number of nitrogens with zero attached hydrogens (tertiary/aromatic N) is 2. The molecule has 0 bridgehead atoms. The zero-order chi connectivity index (χ0) is 16.7. The van der Waals surface area contributed by atoms with Crippen LogP contribution in [0.4, 0.5) is 0 Å². The Hall–Kier alpha value is -1.99. The lowest BCUT2D eigenvalue weighted by Gasteiger charge is -2.13. The second-order valence-electron chi connectivity index (χ2n) is 4.68. The first-order chi connectivity index (χ1) is 11.2. The predicted molar refractivity (Wildman–Crippen MR) is 87.6 cm³/mol. The molecule has 1 aromatic carbocycles. The summed E-state index contributed by atoms with van der Waals surface area (Å²) < 4.78 is 12.2. The predicted octanol–water partition coefficient (Wildman–Crippen LogP) is 2.09. The van der Waals surface area contributed by atoms with E-state index in [1.165, 1.54) is 11.8 Å². The summed E-state index contributed by atoms with van der Waals surface area (Å²) in [5.74, 6) is 0.670. The average Bonchev–Trinajstić information content (AvgIpc) is 2.95. The van der Waals surface area contributed by atoms with E-state index in [2.05, 4.69) is 4.98 Å². The topological polar surface area (TPSA) is 73.6 Å². The first-order valence-electron chi connectivity index (χ1n) is 7.25. The van der Waals surface area contributed by atoms with Crippen molar-refractivity contribution in [2.75, 3.05) is 19.5 Å². The second-order valence-corrected chi connectivity index (χ2v) is 5.62. The number of hydrogen-bond acceptors (Lipinski definition) is 6. The molecule has 0 amide bonds. The third-order valence-electron chi connectivity index (χ3n) is 3.21. The van der Waals surface area contributed by atoms with Crippen LogP contribution in [0.15, 0.2) is 35.6 Å². The van der Waals surface area contributed by atoms with Gasteiger partial charge >= 0.3 is 5.97 Å². The third kappa shape index (κ3) is 4.49. The maximum Gasteiger partial charge on any atom is 0.316 e. The summed E-state index contributed by atoms with van der Waals surface area (Å²) in [6.07, 6.45) is 1.61. The summed E-state index contributed by atoms with van der Waals surface area (Å²) in [4.78, 5) is 15.8. The highest BCUT2D eigenvalue weighted by Gasteiger charge is 2.14. The molecule has 0 atom stereocenters. The molecule has 0 unspecified atom stereocenters. The third-order valence-corrected chi connectivity index (χ3v) is 4.17. The number of imidazole rings is 1. The molecule has 0 aliphatic rings. The fraction of sp³-hybridized carbons (Fsp3) is 0.375. The van der Waals surface area contributed by atoms with E-state index in [0.29, 0.717) is 24.0 Å².